The summed E-state index contributed by atoms with van der Waals surface area (Å²) in [7, 11) is 0. The smallest absolute Gasteiger partial charge is 0.0714 e. The quantitative estimate of drug-likeness (QED) is 0.149. The Hall–Kier alpha value is -7.74. The molecule has 10 aromatic rings. The highest BCUT2D eigenvalue weighted by molar-refractivity contribution is 6.06. The third kappa shape index (κ3) is 5.78. The van der Waals surface area contributed by atoms with Gasteiger partial charge in [0, 0.05) is 16.8 Å². The maximum atomic E-state index is 2.52. The number of anilines is 3. The van der Waals surface area contributed by atoms with Crippen molar-refractivity contribution in [3.05, 3.63) is 271 Å². The lowest BCUT2D eigenvalue weighted by molar-refractivity contribution is 0.768. The van der Waals surface area contributed by atoms with Crippen LogP contribution in [-0.2, 0) is 5.41 Å². The average molecular weight is 764 g/mol. The molecule has 1 heteroatoms. The molecular formula is C59H41N. The van der Waals surface area contributed by atoms with Crippen molar-refractivity contribution in [2.45, 2.75) is 5.41 Å². The SMILES string of the molecule is c1ccc(-c2cccc(-c3ccccc3N(c3ccc4c(c3)C(c3ccccc3)(c3ccccc3)c3ccccc3-4)c3ccc4ccccc4c3-c3ccccc3)c2)cc1. The third-order valence-electron chi connectivity index (χ3n) is 12.3. The first-order valence-electron chi connectivity index (χ1n) is 20.8. The third-order valence-corrected chi connectivity index (χ3v) is 12.3. The van der Waals surface area contributed by atoms with Crippen molar-refractivity contribution < 1.29 is 0 Å². The summed E-state index contributed by atoms with van der Waals surface area (Å²) in [5, 5.41) is 2.42. The van der Waals surface area contributed by atoms with Gasteiger partial charge in [-0.25, -0.2) is 0 Å². The van der Waals surface area contributed by atoms with E-state index in [2.05, 4.69) is 254 Å². The van der Waals surface area contributed by atoms with E-state index in [1.165, 1.54) is 66.4 Å². The van der Waals surface area contributed by atoms with Crippen molar-refractivity contribution >= 4 is 27.8 Å². The fourth-order valence-electron chi connectivity index (χ4n) is 9.74. The standard InChI is InChI=1S/C59H41N/c1-5-20-42(21-6-1)45-25-19-26-46(40-45)50-31-16-18-35-56(50)60(57-39-36-43-22-13-14-32-51(43)58(57)44-23-7-2-8-24-44)49-37-38-53-52-33-15-17-34-54(52)59(55(53)41-49,47-27-9-3-10-28-47)48-29-11-4-12-30-48/h1-41H. The Balaban J connectivity index is 1.23. The zero-order chi connectivity index (χ0) is 39.9. The topological polar surface area (TPSA) is 3.24 Å². The first-order chi connectivity index (χ1) is 29.8. The predicted molar refractivity (Wildman–Crippen MR) is 252 cm³/mol. The normalized spacial score (nSPS) is 12.5. The van der Waals surface area contributed by atoms with E-state index in [0.717, 1.165) is 28.2 Å². The molecular weight excluding hydrogens is 723 g/mol. The van der Waals surface area contributed by atoms with E-state index in [9.17, 15) is 0 Å². The Morgan fingerprint density at radius 3 is 1.58 bits per heavy atom. The van der Waals surface area contributed by atoms with Crippen molar-refractivity contribution in [1.82, 2.24) is 0 Å². The minimum Gasteiger partial charge on any atom is -0.309 e. The zero-order valence-corrected chi connectivity index (χ0v) is 33.1. The molecule has 0 atom stereocenters. The highest BCUT2D eigenvalue weighted by atomic mass is 15.1. The molecule has 0 spiro atoms. The molecule has 0 unspecified atom stereocenters. The van der Waals surface area contributed by atoms with Crippen LogP contribution in [0.1, 0.15) is 22.3 Å². The molecule has 282 valence electrons. The van der Waals surface area contributed by atoms with Crippen LogP contribution in [0.2, 0.25) is 0 Å². The monoisotopic (exact) mass is 763 g/mol. The maximum absolute atomic E-state index is 2.52. The van der Waals surface area contributed by atoms with Gasteiger partial charge in [0.05, 0.1) is 16.8 Å². The van der Waals surface area contributed by atoms with Gasteiger partial charge in [-0.3, -0.25) is 0 Å². The summed E-state index contributed by atoms with van der Waals surface area (Å²) < 4.78 is 0. The van der Waals surface area contributed by atoms with Gasteiger partial charge in [0.25, 0.3) is 0 Å². The highest BCUT2D eigenvalue weighted by Crippen LogP contribution is 2.58. The molecule has 0 radical (unpaired) electrons. The Morgan fingerprint density at radius 1 is 0.300 bits per heavy atom. The minimum atomic E-state index is -0.536. The summed E-state index contributed by atoms with van der Waals surface area (Å²) in [6, 6.07) is 91.2. The molecule has 10 aromatic carbocycles. The van der Waals surface area contributed by atoms with Crippen LogP contribution in [0.4, 0.5) is 17.1 Å². The van der Waals surface area contributed by atoms with E-state index >= 15 is 0 Å². The minimum absolute atomic E-state index is 0.536. The van der Waals surface area contributed by atoms with Gasteiger partial charge in [-0.1, -0.05) is 218 Å². The van der Waals surface area contributed by atoms with Gasteiger partial charge in [0.15, 0.2) is 0 Å². The van der Waals surface area contributed by atoms with Gasteiger partial charge in [-0.05, 0) is 96.7 Å². The van der Waals surface area contributed by atoms with Gasteiger partial charge in [0.2, 0.25) is 0 Å². The first-order valence-corrected chi connectivity index (χ1v) is 20.8. The van der Waals surface area contributed by atoms with Crippen molar-refractivity contribution in [3.8, 4) is 44.5 Å². The van der Waals surface area contributed by atoms with E-state index in [4.69, 9.17) is 0 Å². The molecule has 0 aromatic heterocycles. The summed E-state index contributed by atoms with van der Waals surface area (Å²) in [4.78, 5) is 2.52. The maximum Gasteiger partial charge on any atom is 0.0714 e. The van der Waals surface area contributed by atoms with Gasteiger partial charge in [-0.15, -0.1) is 0 Å². The van der Waals surface area contributed by atoms with Gasteiger partial charge < -0.3 is 4.90 Å². The number of benzene rings is 10. The molecule has 1 nitrogen and oxygen atoms in total. The molecule has 1 aliphatic rings. The number of hydrogen-bond donors (Lipinski definition) is 0. The summed E-state index contributed by atoms with van der Waals surface area (Å²) in [5.41, 5.74) is 17.5. The van der Waals surface area contributed by atoms with E-state index in [0.29, 0.717) is 0 Å². The van der Waals surface area contributed by atoms with Gasteiger partial charge >= 0.3 is 0 Å². The molecule has 0 N–H and O–H groups in total. The van der Waals surface area contributed by atoms with Crippen LogP contribution in [0.3, 0.4) is 0 Å². The lowest BCUT2D eigenvalue weighted by atomic mass is 9.67. The molecule has 0 fully saturated rings. The fourth-order valence-corrected chi connectivity index (χ4v) is 9.74. The summed E-state index contributed by atoms with van der Waals surface area (Å²) in [6.07, 6.45) is 0. The lowest BCUT2D eigenvalue weighted by Crippen LogP contribution is -2.28. The number of hydrogen-bond acceptors (Lipinski definition) is 1. The molecule has 0 saturated heterocycles. The van der Waals surface area contributed by atoms with Crippen LogP contribution < -0.4 is 4.90 Å². The second-order valence-electron chi connectivity index (χ2n) is 15.6. The number of rotatable bonds is 8. The Morgan fingerprint density at radius 2 is 0.850 bits per heavy atom. The molecule has 0 heterocycles. The molecule has 11 rings (SSSR count). The summed E-state index contributed by atoms with van der Waals surface area (Å²) >= 11 is 0. The first kappa shape index (κ1) is 35.4. The van der Waals surface area contributed by atoms with Crippen LogP contribution >= 0.6 is 0 Å². The van der Waals surface area contributed by atoms with Crippen molar-refractivity contribution in [2.75, 3.05) is 4.90 Å². The van der Waals surface area contributed by atoms with Crippen LogP contribution in [0.15, 0.2) is 249 Å². The molecule has 0 amide bonds. The average Bonchev–Trinajstić information content (AvgIpc) is 3.63. The van der Waals surface area contributed by atoms with E-state index in [1.807, 2.05) is 0 Å². The van der Waals surface area contributed by atoms with Crippen LogP contribution in [0, 0.1) is 0 Å². The molecule has 1 aliphatic carbocycles. The summed E-state index contributed by atoms with van der Waals surface area (Å²) in [6.45, 7) is 0. The van der Waals surface area contributed by atoms with Crippen molar-refractivity contribution in [1.29, 1.82) is 0 Å². The van der Waals surface area contributed by atoms with Crippen LogP contribution in [0.5, 0.6) is 0 Å². The number of fused-ring (bicyclic) bond motifs is 4. The number of para-hydroxylation sites is 1. The van der Waals surface area contributed by atoms with Gasteiger partial charge in [-0.2, -0.15) is 0 Å². The highest BCUT2D eigenvalue weighted by Gasteiger charge is 2.46. The molecule has 0 bridgehead atoms. The van der Waals surface area contributed by atoms with Gasteiger partial charge in [0.1, 0.15) is 0 Å². The van der Waals surface area contributed by atoms with Crippen LogP contribution in [0.25, 0.3) is 55.3 Å². The van der Waals surface area contributed by atoms with Crippen molar-refractivity contribution in [3.63, 3.8) is 0 Å². The Labute approximate surface area is 352 Å². The Bertz CT molecular complexity index is 3090. The van der Waals surface area contributed by atoms with Crippen molar-refractivity contribution in [2.24, 2.45) is 0 Å². The number of nitrogens with zero attached hydrogens (tertiary/aromatic N) is 1. The Kier molecular flexibility index (Phi) is 8.79. The zero-order valence-electron chi connectivity index (χ0n) is 33.1. The molecule has 0 saturated carbocycles. The predicted octanol–water partition coefficient (Wildman–Crippen LogP) is 15.7. The van der Waals surface area contributed by atoms with E-state index < -0.39 is 5.41 Å². The molecule has 0 aliphatic heterocycles. The van der Waals surface area contributed by atoms with E-state index in [-0.39, 0.29) is 0 Å². The second-order valence-corrected chi connectivity index (χ2v) is 15.6. The lowest BCUT2D eigenvalue weighted by Gasteiger charge is -2.35. The summed E-state index contributed by atoms with van der Waals surface area (Å²) in [5.74, 6) is 0. The van der Waals surface area contributed by atoms with E-state index in [1.54, 1.807) is 0 Å². The fraction of sp³-hybridized carbons (Fsp3) is 0.0169. The van der Waals surface area contributed by atoms with Crippen LogP contribution in [-0.4, -0.2) is 0 Å². The largest absolute Gasteiger partial charge is 0.309 e. The second kappa shape index (κ2) is 14.9. The molecule has 60 heavy (non-hydrogen) atoms.